The van der Waals surface area contributed by atoms with Crippen molar-refractivity contribution in [3.63, 3.8) is 0 Å². The summed E-state index contributed by atoms with van der Waals surface area (Å²) in [6.45, 7) is 0.151. The van der Waals surface area contributed by atoms with E-state index in [9.17, 15) is 4.79 Å². The number of ether oxygens (including phenoxy) is 1. The predicted molar refractivity (Wildman–Crippen MR) is 55.9 cm³/mol. The standard InChI is InChI=1S/C12H16O3/c13-11(12-7-4-8-14-12)9-15-10-5-2-1-3-6-10/h4,7-8,10H,1-3,5-6,9H2. The second kappa shape index (κ2) is 5.12. The van der Waals surface area contributed by atoms with Crippen LogP contribution in [0.3, 0.4) is 0 Å². The van der Waals surface area contributed by atoms with Crippen LogP contribution >= 0.6 is 0 Å². The van der Waals surface area contributed by atoms with E-state index in [1.165, 1.54) is 25.5 Å². The second-order valence-electron chi connectivity index (χ2n) is 3.97. The van der Waals surface area contributed by atoms with Crippen LogP contribution < -0.4 is 0 Å². The Kier molecular flexibility index (Phi) is 3.56. The number of Topliss-reactive ketones (excluding diaryl/α,β-unsaturated/α-hetero) is 1. The molecule has 1 fully saturated rings. The molecule has 1 aromatic rings. The average molecular weight is 208 g/mol. The van der Waals surface area contributed by atoms with E-state index in [1.807, 2.05) is 0 Å². The van der Waals surface area contributed by atoms with Gasteiger partial charge in [0, 0.05) is 0 Å². The number of carbonyl (C=O) groups is 1. The van der Waals surface area contributed by atoms with Gasteiger partial charge in [0.25, 0.3) is 0 Å². The van der Waals surface area contributed by atoms with Crippen molar-refractivity contribution in [2.75, 3.05) is 6.61 Å². The Morgan fingerprint density at radius 1 is 1.40 bits per heavy atom. The summed E-state index contributed by atoms with van der Waals surface area (Å²) in [5.41, 5.74) is 0. The summed E-state index contributed by atoms with van der Waals surface area (Å²) in [7, 11) is 0. The largest absolute Gasteiger partial charge is 0.461 e. The monoisotopic (exact) mass is 208 g/mol. The van der Waals surface area contributed by atoms with Crippen LogP contribution in [0.1, 0.15) is 42.7 Å². The van der Waals surface area contributed by atoms with Gasteiger partial charge in [-0.3, -0.25) is 4.79 Å². The van der Waals surface area contributed by atoms with Crippen LogP contribution in [0.15, 0.2) is 22.8 Å². The highest BCUT2D eigenvalue weighted by Gasteiger charge is 2.16. The Balaban J connectivity index is 1.75. The highest BCUT2D eigenvalue weighted by Crippen LogP contribution is 2.20. The molecular formula is C12H16O3. The Bertz CT molecular complexity index is 297. The third-order valence-corrected chi connectivity index (χ3v) is 2.80. The van der Waals surface area contributed by atoms with Crippen LogP contribution in [0.2, 0.25) is 0 Å². The lowest BCUT2D eigenvalue weighted by Gasteiger charge is -2.21. The first-order valence-electron chi connectivity index (χ1n) is 5.54. The van der Waals surface area contributed by atoms with Crippen molar-refractivity contribution in [3.05, 3.63) is 24.2 Å². The van der Waals surface area contributed by atoms with Crippen molar-refractivity contribution in [3.8, 4) is 0 Å². The zero-order valence-corrected chi connectivity index (χ0v) is 8.78. The third kappa shape index (κ3) is 2.93. The maximum absolute atomic E-state index is 11.5. The van der Waals surface area contributed by atoms with E-state index in [-0.39, 0.29) is 18.5 Å². The molecule has 0 saturated heterocycles. The molecule has 1 aliphatic carbocycles. The lowest BCUT2D eigenvalue weighted by atomic mass is 9.98. The van der Waals surface area contributed by atoms with Gasteiger partial charge >= 0.3 is 0 Å². The molecule has 0 amide bonds. The molecule has 0 radical (unpaired) electrons. The van der Waals surface area contributed by atoms with E-state index < -0.39 is 0 Å². The lowest BCUT2D eigenvalue weighted by molar-refractivity contribution is 0.0271. The second-order valence-corrected chi connectivity index (χ2v) is 3.97. The molecule has 1 heterocycles. The minimum absolute atomic E-state index is 0.0643. The van der Waals surface area contributed by atoms with Crippen molar-refractivity contribution < 1.29 is 13.9 Å². The zero-order chi connectivity index (χ0) is 10.5. The molecule has 3 nitrogen and oxygen atoms in total. The first-order chi connectivity index (χ1) is 7.36. The van der Waals surface area contributed by atoms with Crippen LogP contribution in [0.25, 0.3) is 0 Å². The number of hydrogen-bond donors (Lipinski definition) is 0. The van der Waals surface area contributed by atoms with Crippen LogP contribution in [0.4, 0.5) is 0 Å². The van der Waals surface area contributed by atoms with Gasteiger partial charge in [-0.15, -0.1) is 0 Å². The fourth-order valence-corrected chi connectivity index (χ4v) is 1.93. The first kappa shape index (κ1) is 10.4. The van der Waals surface area contributed by atoms with Gasteiger partial charge < -0.3 is 9.15 Å². The molecule has 1 aromatic heterocycles. The molecule has 2 rings (SSSR count). The number of hydrogen-bond acceptors (Lipinski definition) is 3. The summed E-state index contributed by atoms with van der Waals surface area (Å²) in [5.74, 6) is 0.330. The van der Waals surface area contributed by atoms with Crippen molar-refractivity contribution in [1.29, 1.82) is 0 Å². The van der Waals surface area contributed by atoms with Crippen LogP contribution in [0, 0.1) is 0 Å². The minimum atomic E-state index is -0.0643. The van der Waals surface area contributed by atoms with E-state index in [1.54, 1.807) is 12.1 Å². The van der Waals surface area contributed by atoms with E-state index in [4.69, 9.17) is 9.15 Å². The van der Waals surface area contributed by atoms with E-state index in [0.717, 1.165) is 12.8 Å². The van der Waals surface area contributed by atoms with E-state index in [2.05, 4.69) is 0 Å². The normalized spacial score (nSPS) is 17.9. The molecule has 1 aliphatic rings. The smallest absolute Gasteiger partial charge is 0.223 e. The molecule has 0 aromatic carbocycles. The lowest BCUT2D eigenvalue weighted by Crippen LogP contribution is -2.20. The van der Waals surface area contributed by atoms with Gasteiger partial charge in [0.05, 0.1) is 12.4 Å². The van der Waals surface area contributed by atoms with Gasteiger partial charge in [-0.2, -0.15) is 0 Å². The molecular weight excluding hydrogens is 192 g/mol. The van der Waals surface area contributed by atoms with E-state index in [0.29, 0.717) is 5.76 Å². The first-order valence-corrected chi connectivity index (χ1v) is 5.54. The summed E-state index contributed by atoms with van der Waals surface area (Å²) in [5, 5.41) is 0. The summed E-state index contributed by atoms with van der Waals surface area (Å²) in [6.07, 6.45) is 7.70. The predicted octanol–water partition coefficient (Wildman–Crippen LogP) is 2.81. The molecule has 0 aliphatic heterocycles. The van der Waals surface area contributed by atoms with Crippen LogP contribution in [0.5, 0.6) is 0 Å². The van der Waals surface area contributed by atoms with Crippen molar-refractivity contribution in [1.82, 2.24) is 0 Å². The highest BCUT2D eigenvalue weighted by atomic mass is 16.5. The molecule has 82 valence electrons. The quantitative estimate of drug-likeness (QED) is 0.714. The van der Waals surface area contributed by atoms with Crippen LogP contribution in [-0.4, -0.2) is 18.5 Å². The molecule has 0 N–H and O–H groups in total. The number of ketones is 1. The third-order valence-electron chi connectivity index (χ3n) is 2.80. The SMILES string of the molecule is O=C(COC1CCCCC1)c1ccco1. The number of furan rings is 1. The van der Waals surface area contributed by atoms with Gasteiger partial charge in [-0.1, -0.05) is 19.3 Å². The fourth-order valence-electron chi connectivity index (χ4n) is 1.93. The Morgan fingerprint density at radius 3 is 2.87 bits per heavy atom. The molecule has 1 saturated carbocycles. The maximum atomic E-state index is 11.5. The topological polar surface area (TPSA) is 39.4 Å². The summed E-state index contributed by atoms with van der Waals surface area (Å²) in [4.78, 5) is 11.5. The fraction of sp³-hybridized carbons (Fsp3) is 0.583. The molecule has 3 heteroatoms. The van der Waals surface area contributed by atoms with Crippen molar-refractivity contribution >= 4 is 5.78 Å². The molecule has 0 spiro atoms. The van der Waals surface area contributed by atoms with Crippen LogP contribution in [-0.2, 0) is 4.74 Å². The molecule has 0 unspecified atom stereocenters. The summed E-state index contributed by atoms with van der Waals surface area (Å²) >= 11 is 0. The van der Waals surface area contributed by atoms with Gasteiger partial charge in [0.1, 0.15) is 6.61 Å². The van der Waals surface area contributed by atoms with Gasteiger partial charge in [-0.05, 0) is 25.0 Å². The maximum Gasteiger partial charge on any atom is 0.223 e. The Morgan fingerprint density at radius 2 is 2.20 bits per heavy atom. The highest BCUT2D eigenvalue weighted by molar-refractivity contribution is 5.94. The summed E-state index contributed by atoms with van der Waals surface area (Å²) < 4.78 is 10.6. The van der Waals surface area contributed by atoms with Gasteiger partial charge in [0.2, 0.25) is 5.78 Å². The minimum Gasteiger partial charge on any atom is -0.461 e. The molecule has 0 bridgehead atoms. The van der Waals surface area contributed by atoms with Gasteiger partial charge in [0.15, 0.2) is 5.76 Å². The van der Waals surface area contributed by atoms with Gasteiger partial charge in [-0.25, -0.2) is 0 Å². The average Bonchev–Trinajstić information content (AvgIpc) is 2.81. The number of rotatable bonds is 4. The molecule has 15 heavy (non-hydrogen) atoms. The Hall–Kier alpha value is -1.09. The van der Waals surface area contributed by atoms with E-state index >= 15 is 0 Å². The molecule has 0 atom stereocenters. The Labute approximate surface area is 89.4 Å². The van der Waals surface area contributed by atoms with Crippen molar-refractivity contribution in [2.24, 2.45) is 0 Å². The summed E-state index contributed by atoms with van der Waals surface area (Å²) in [6, 6.07) is 3.39. The number of carbonyl (C=O) groups excluding carboxylic acids is 1. The zero-order valence-electron chi connectivity index (χ0n) is 8.78. The van der Waals surface area contributed by atoms with Crippen molar-refractivity contribution in [2.45, 2.75) is 38.2 Å².